The molecule has 14 nitrogen and oxygen atoms in total. The number of aryl methyl sites for hydroxylation is 1. The van der Waals surface area contributed by atoms with E-state index in [1.54, 1.807) is 48.8 Å². The Morgan fingerprint density at radius 1 is 0.905 bits per heavy atom. The van der Waals surface area contributed by atoms with Crippen LogP contribution in [0.25, 0.3) is 17.2 Å². The van der Waals surface area contributed by atoms with Crippen LogP contribution in [-0.2, 0) is 19.5 Å². The van der Waals surface area contributed by atoms with E-state index in [0.717, 1.165) is 5.56 Å². The summed E-state index contributed by atoms with van der Waals surface area (Å²) >= 11 is 0. The number of sulfonamides is 1. The van der Waals surface area contributed by atoms with Gasteiger partial charge in [0.05, 0.1) is 34.5 Å². The predicted octanol–water partition coefficient (Wildman–Crippen LogP) is 2.99. The fourth-order valence-electron chi connectivity index (χ4n) is 4.04. The summed E-state index contributed by atoms with van der Waals surface area (Å²) in [6, 6.07) is 10.3. The molecule has 3 aromatic heterocycles. The molecule has 42 heavy (non-hydrogen) atoms. The quantitative estimate of drug-likeness (QED) is 0.211. The van der Waals surface area contributed by atoms with Gasteiger partial charge in [0.2, 0.25) is 21.9 Å². The molecule has 0 bridgehead atoms. The van der Waals surface area contributed by atoms with E-state index in [0.29, 0.717) is 28.8 Å². The van der Waals surface area contributed by atoms with Crippen molar-refractivity contribution < 1.29 is 32.1 Å². The molecule has 0 aliphatic heterocycles. The van der Waals surface area contributed by atoms with Gasteiger partial charge in [0, 0.05) is 25.6 Å². The number of ether oxygens (including phenoxy) is 5. The minimum atomic E-state index is -4.21. The molecule has 1 aromatic carbocycles. The van der Waals surface area contributed by atoms with Crippen molar-refractivity contribution in [2.75, 3.05) is 46.4 Å². The number of nitrogens with zero attached hydrogens (tertiary/aromatic N) is 6. The number of benzene rings is 1. The third-order valence-electron chi connectivity index (χ3n) is 6.24. The molecule has 0 saturated carbocycles. The highest BCUT2D eigenvalue weighted by Crippen LogP contribution is 2.38. The molecule has 4 rings (SSSR count). The number of anilines is 1. The molecule has 0 radical (unpaired) electrons. The van der Waals surface area contributed by atoms with Crippen molar-refractivity contribution in [3.63, 3.8) is 0 Å². The Kier molecular flexibility index (Phi) is 9.88. The van der Waals surface area contributed by atoms with Crippen LogP contribution in [0.1, 0.15) is 24.4 Å². The van der Waals surface area contributed by atoms with E-state index in [4.69, 9.17) is 23.7 Å². The molecule has 4 aromatic rings. The van der Waals surface area contributed by atoms with E-state index in [1.165, 1.54) is 39.9 Å². The summed E-state index contributed by atoms with van der Waals surface area (Å²) in [4.78, 5) is 13.1. The molecular weight excluding hydrogens is 566 g/mol. The first kappa shape index (κ1) is 30.6. The van der Waals surface area contributed by atoms with Crippen LogP contribution >= 0.6 is 0 Å². The fourth-order valence-corrected chi connectivity index (χ4v) is 5.14. The Hall–Kier alpha value is -4.34. The van der Waals surface area contributed by atoms with Crippen LogP contribution in [0.3, 0.4) is 0 Å². The normalized spacial score (nSPS) is 12.9. The van der Waals surface area contributed by atoms with E-state index in [1.807, 2.05) is 6.92 Å². The molecule has 0 aliphatic carbocycles. The summed E-state index contributed by atoms with van der Waals surface area (Å²) in [5.41, 5.74) is 1.54. The topological polar surface area (TPSA) is 162 Å². The lowest BCUT2D eigenvalue weighted by molar-refractivity contribution is 0.0119. The molecule has 15 heteroatoms. The Labute approximate surface area is 244 Å². The largest absolute Gasteiger partial charge is 0.494 e. The summed E-state index contributed by atoms with van der Waals surface area (Å²) in [6.07, 6.45) is 2.18. The highest BCUT2D eigenvalue weighted by Gasteiger charge is 2.35. The molecule has 224 valence electrons. The molecule has 2 atom stereocenters. The highest BCUT2D eigenvalue weighted by atomic mass is 32.2. The third kappa shape index (κ3) is 6.58. The monoisotopic (exact) mass is 599 g/mol. The standard InChI is InChI=1S/C27H33N7O7S/c1-17-15-28-25(29-16-17)24(41-14-13-37-3)18(2)42(35,36)33-27-32-31-26(19-9-7-12-22(30-19)40-6)34(27)23-20(38-4)10-8-11-21(23)39-5/h7-12,15-16,18,24H,13-14H2,1-6H3,(H,32,33)/t18-,24-/m0/s1. The van der Waals surface area contributed by atoms with Gasteiger partial charge in [-0.1, -0.05) is 12.1 Å². The zero-order chi connectivity index (χ0) is 30.3. The number of pyridine rings is 1. The van der Waals surface area contributed by atoms with Crippen LogP contribution < -0.4 is 18.9 Å². The summed E-state index contributed by atoms with van der Waals surface area (Å²) in [5.74, 6) is 1.37. The number of aromatic nitrogens is 6. The van der Waals surface area contributed by atoms with Gasteiger partial charge in [-0.15, -0.1) is 10.2 Å². The summed E-state index contributed by atoms with van der Waals surface area (Å²) in [6.45, 7) is 3.71. The number of hydrogen-bond acceptors (Lipinski definition) is 12. The molecule has 0 unspecified atom stereocenters. The van der Waals surface area contributed by atoms with Gasteiger partial charge in [-0.3, -0.25) is 9.29 Å². The minimum Gasteiger partial charge on any atom is -0.494 e. The lowest BCUT2D eigenvalue weighted by Crippen LogP contribution is -2.34. The van der Waals surface area contributed by atoms with Gasteiger partial charge < -0.3 is 23.7 Å². The lowest BCUT2D eigenvalue weighted by Gasteiger charge is -2.24. The number of hydrogen-bond donors (Lipinski definition) is 1. The second-order valence-electron chi connectivity index (χ2n) is 9.01. The molecule has 0 saturated heterocycles. The van der Waals surface area contributed by atoms with Gasteiger partial charge in [0.1, 0.15) is 34.2 Å². The van der Waals surface area contributed by atoms with Crippen molar-refractivity contribution in [1.82, 2.24) is 29.7 Å². The average Bonchev–Trinajstić information content (AvgIpc) is 3.41. The van der Waals surface area contributed by atoms with E-state index >= 15 is 0 Å². The highest BCUT2D eigenvalue weighted by molar-refractivity contribution is 7.93. The van der Waals surface area contributed by atoms with Gasteiger partial charge in [-0.25, -0.2) is 23.4 Å². The Morgan fingerprint density at radius 3 is 2.19 bits per heavy atom. The average molecular weight is 600 g/mol. The maximum absolute atomic E-state index is 13.9. The van der Waals surface area contributed by atoms with Crippen molar-refractivity contribution >= 4 is 16.0 Å². The Bertz CT molecular complexity index is 1570. The van der Waals surface area contributed by atoms with Crippen LogP contribution in [0.5, 0.6) is 17.4 Å². The second kappa shape index (κ2) is 13.5. The third-order valence-corrected chi connectivity index (χ3v) is 7.93. The minimum absolute atomic E-state index is 0.124. The van der Waals surface area contributed by atoms with Crippen molar-refractivity contribution in [3.05, 3.63) is 60.2 Å². The Balaban J connectivity index is 1.83. The molecule has 0 spiro atoms. The van der Waals surface area contributed by atoms with E-state index in [-0.39, 0.29) is 30.8 Å². The van der Waals surface area contributed by atoms with Crippen molar-refractivity contribution in [1.29, 1.82) is 0 Å². The first-order chi connectivity index (χ1) is 20.2. The van der Waals surface area contributed by atoms with Gasteiger partial charge >= 0.3 is 0 Å². The molecule has 0 aliphatic rings. The zero-order valence-corrected chi connectivity index (χ0v) is 25.0. The second-order valence-corrected chi connectivity index (χ2v) is 11.1. The first-order valence-electron chi connectivity index (χ1n) is 12.8. The van der Waals surface area contributed by atoms with Gasteiger partial charge in [0.15, 0.2) is 11.6 Å². The maximum atomic E-state index is 13.9. The van der Waals surface area contributed by atoms with Crippen molar-refractivity contribution in [3.8, 4) is 34.6 Å². The molecular formula is C27H33N7O7S. The van der Waals surface area contributed by atoms with Gasteiger partial charge in [-0.2, -0.15) is 0 Å². The number of nitrogens with one attached hydrogen (secondary N) is 1. The SMILES string of the molecule is COCCO[C@H](c1ncc(C)cn1)[C@H](C)S(=O)(=O)Nc1nnc(-c2cccc(OC)n2)n1-c1c(OC)cccc1OC. The lowest BCUT2D eigenvalue weighted by atomic mass is 10.2. The van der Waals surface area contributed by atoms with Crippen LogP contribution in [0, 0.1) is 6.92 Å². The van der Waals surface area contributed by atoms with E-state index < -0.39 is 21.4 Å². The van der Waals surface area contributed by atoms with Crippen molar-refractivity contribution in [2.24, 2.45) is 0 Å². The van der Waals surface area contributed by atoms with Crippen LogP contribution in [-0.4, -0.2) is 85.0 Å². The fraction of sp³-hybridized carbons (Fsp3) is 0.370. The number of methoxy groups -OCH3 is 4. The number of rotatable bonds is 14. The van der Waals surface area contributed by atoms with Crippen LogP contribution in [0.2, 0.25) is 0 Å². The molecule has 1 N–H and O–H groups in total. The first-order valence-corrected chi connectivity index (χ1v) is 14.4. The predicted molar refractivity (Wildman–Crippen MR) is 154 cm³/mol. The maximum Gasteiger partial charge on any atom is 0.243 e. The van der Waals surface area contributed by atoms with Gasteiger partial charge in [0.25, 0.3) is 0 Å². The van der Waals surface area contributed by atoms with Gasteiger partial charge in [-0.05, 0) is 37.6 Å². The number of para-hydroxylation sites is 1. The van der Waals surface area contributed by atoms with Crippen LogP contribution in [0.15, 0.2) is 48.8 Å². The molecule has 0 amide bonds. The molecule has 0 fully saturated rings. The van der Waals surface area contributed by atoms with Crippen molar-refractivity contribution in [2.45, 2.75) is 25.2 Å². The summed E-state index contributed by atoms with van der Waals surface area (Å²) < 4.78 is 59.3. The summed E-state index contributed by atoms with van der Waals surface area (Å²) in [7, 11) is 1.78. The Morgan fingerprint density at radius 2 is 1.57 bits per heavy atom. The van der Waals surface area contributed by atoms with Crippen LogP contribution in [0.4, 0.5) is 5.95 Å². The zero-order valence-electron chi connectivity index (χ0n) is 24.1. The smallest absolute Gasteiger partial charge is 0.243 e. The van der Waals surface area contributed by atoms with E-state index in [9.17, 15) is 8.42 Å². The summed E-state index contributed by atoms with van der Waals surface area (Å²) in [5, 5.41) is 7.32. The van der Waals surface area contributed by atoms with E-state index in [2.05, 4.69) is 29.9 Å². The molecule has 3 heterocycles.